The van der Waals surface area contributed by atoms with Crippen molar-refractivity contribution in [2.45, 2.75) is 0 Å². The van der Waals surface area contributed by atoms with E-state index in [1.54, 1.807) is 30.5 Å². The molecule has 1 heterocycles. The Balaban J connectivity index is 1.69. The fourth-order valence-corrected chi connectivity index (χ4v) is 3.12. The molecule has 0 atom stereocenters. The predicted molar refractivity (Wildman–Crippen MR) is 99.9 cm³/mol. The van der Waals surface area contributed by atoms with E-state index in [1.807, 2.05) is 23.6 Å². The van der Waals surface area contributed by atoms with Crippen LogP contribution in [0.1, 0.15) is 11.1 Å². The highest BCUT2D eigenvalue weighted by atomic mass is 35.5. The zero-order chi connectivity index (χ0) is 16.9. The molecule has 2 aromatic carbocycles. The molecular formula is C17H10Cl2N4S. The summed E-state index contributed by atoms with van der Waals surface area (Å²) >= 11 is 13.5. The number of nitrogens with one attached hydrogen (secondary N) is 1. The SMILES string of the molecule is N#Cc1ccc(/C=N\Nc2nc(-c3ccc(Cl)cc3Cl)cs2)cc1. The maximum atomic E-state index is 8.76. The molecule has 0 fully saturated rings. The Kier molecular flexibility index (Phi) is 5.11. The summed E-state index contributed by atoms with van der Waals surface area (Å²) in [5.41, 5.74) is 5.97. The Labute approximate surface area is 153 Å². The number of halogens is 2. The summed E-state index contributed by atoms with van der Waals surface area (Å²) in [7, 11) is 0. The summed E-state index contributed by atoms with van der Waals surface area (Å²) in [6.07, 6.45) is 1.66. The van der Waals surface area contributed by atoms with Gasteiger partial charge >= 0.3 is 0 Å². The minimum Gasteiger partial charge on any atom is -0.253 e. The fraction of sp³-hybridized carbons (Fsp3) is 0. The standard InChI is InChI=1S/C17H10Cl2N4S/c18-13-5-6-14(15(19)7-13)16-10-24-17(22-16)23-21-9-12-3-1-11(8-20)2-4-12/h1-7,9-10H,(H,22,23)/b21-9-. The van der Waals surface area contributed by atoms with E-state index in [1.165, 1.54) is 11.3 Å². The van der Waals surface area contributed by atoms with E-state index >= 15 is 0 Å². The van der Waals surface area contributed by atoms with Crippen molar-refractivity contribution in [3.05, 3.63) is 69.0 Å². The van der Waals surface area contributed by atoms with Crippen molar-refractivity contribution in [3.63, 3.8) is 0 Å². The Bertz CT molecular complexity index is 927. The Morgan fingerprint density at radius 1 is 1.17 bits per heavy atom. The lowest BCUT2D eigenvalue weighted by atomic mass is 10.2. The monoisotopic (exact) mass is 372 g/mol. The summed E-state index contributed by atoms with van der Waals surface area (Å²) in [5.74, 6) is 0. The van der Waals surface area contributed by atoms with Crippen molar-refractivity contribution >= 4 is 45.9 Å². The molecule has 0 radical (unpaired) electrons. The number of benzene rings is 2. The van der Waals surface area contributed by atoms with E-state index in [0.29, 0.717) is 20.7 Å². The molecule has 118 valence electrons. The Morgan fingerprint density at radius 3 is 2.67 bits per heavy atom. The topological polar surface area (TPSA) is 61.1 Å². The number of thiazole rings is 1. The fourth-order valence-electron chi connectivity index (χ4n) is 1.95. The smallest absolute Gasteiger partial charge is 0.203 e. The van der Waals surface area contributed by atoms with Crippen molar-refractivity contribution in [2.24, 2.45) is 5.10 Å². The van der Waals surface area contributed by atoms with Gasteiger partial charge < -0.3 is 0 Å². The molecule has 7 heteroatoms. The predicted octanol–water partition coefficient (Wildman–Crippen LogP) is 5.43. The van der Waals surface area contributed by atoms with E-state index < -0.39 is 0 Å². The molecular weight excluding hydrogens is 363 g/mol. The van der Waals surface area contributed by atoms with Crippen LogP contribution in [0.4, 0.5) is 5.13 Å². The maximum absolute atomic E-state index is 8.76. The summed E-state index contributed by atoms with van der Waals surface area (Å²) in [6, 6.07) is 14.5. The average Bonchev–Trinajstić information content (AvgIpc) is 3.04. The van der Waals surface area contributed by atoms with Gasteiger partial charge in [0.05, 0.1) is 28.6 Å². The van der Waals surface area contributed by atoms with Crippen LogP contribution in [0.3, 0.4) is 0 Å². The summed E-state index contributed by atoms with van der Waals surface area (Å²) < 4.78 is 0. The lowest BCUT2D eigenvalue weighted by Gasteiger charge is -2.00. The molecule has 0 aliphatic heterocycles. The van der Waals surface area contributed by atoms with Crippen LogP contribution in [0.5, 0.6) is 0 Å². The number of nitrogens with zero attached hydrogens (tertiary/aromatic N) is 3. The molecule has 1 aromatic heterocycles. The molecule has 0 aliphatic carbocycles. The molecule has 0 amide bonds. The molecule has 0 spiro atoms. The Hall–Kier alpha value is -2.39. The molecule has 0 unspecified atom stereocenters. The van der Waals surface area contributed by atoms with Gasteiger partial charge in [-0.25, -0.2) is 4.98 Å². The van der Waals surface area contributed by atoms with Crippen molar-refractivity contribution in [1.82, 2.24) is 4.98 Å². The van der Waals surface area contributed by atoms with Crippen LogP contribution >= 0.6 is 34.5 Å². The number of nitriles is 1. The van der Waals surface area contributed by atoms with Crippen LogP contribution in [-0.4, -0.2) is 11.2 Å². The first-order valence-electron chi connectivity index (χ1n) is 6.86. The minimum atomic E-state index is 0.556. The highest BCUT2D eigenvalue weighted by molar-refractivity contribution is 7.14. The second-order valence-corrected chi connectivity index (χ2v) is 6.47. The van der Waals surface area contributed by atoms with Crippen molar-refractivity contribution in [2.75, 3.05) is 5.43 Å². The van der Waals surface area contributed by atoms with Crippen molar-refractivity contribution in [1.29, 1.82) is 5.26 Å². The van der Waals surface area contributed by atoms with Crippen LogP contribution in [0.2, 0.25) is 10.0 Å². The summed E-state index contributed by atoms with van der Waals surface area (Å²) in [4.78, 5) is 4.45. The van der Waals surface area contributed by atoms with Gasteiger partial charge in [-0.15, -0.1) is 11.3 Å². The second-order valence-electron chi connectivity index (χ2n) is 4.77. The average molecular weight is 373 g/mol. The first-order chi connectivity index (χ1) is 11.7. The van der Waals surface area contributed by atoms with Gasteiger partial charge in [-0.3, -0.25) is 5.43 Å². The number of anilines is 1. The zero-order valence-electron chi connectivity index (χ0n) is 12.2. The number of hydrazone groups is 1. The van der Waals surface area contributed by atoms with Gasteiger partial charge in [-0.2, -0.15) is 10.4 Å². The van der Waals surface area contributed by atoms with E-state index in [9.17, 15) is 0 Å². The van der Waals surface area contributed by atoms with E-state index in [0.717, 1.165) is 16.8 Å². The normalized spacial score (nSPS) is 10.7. The van der Waals surface area contributed by atoms with Crippen molar-refractivity contribution < 1.29 is 0 Å². The lowest BCUT2D eigenvalue weighted by Crippen LogP contribution is -1.90. The van der Waals surface area contributed by atoms with Crippen molar-refractivity contribution in [3.8, 4) is 17.3 Å². The van der Waals surface area contributed by atoms with Gasteiger partial charge in [-0.1, -0.05) is 35.3 Å². The molecule has 1 N–H and O–H groups in total. The van der Waals surface area contributed by atoms with Crippen LogP contribution in [0.25, 0.3) is 11.3 Å². The van der Waals surface area contributed by atoms with Gasteiger partial charge in [0.1, 0.15) is 0 Å². The zero-order valence-corrected chi connectivity index (χ0v) is 14.5. The van der Waals surface area contributed by atoms with Crippen LogP contribution < -0.4 is 5.43 Å². The van der Waals surface area contributed by atoms with Gasteiger partial charge in [0, 0.05) is 16.0 Å². The number of hydrogen-bond donors (Lipinski definition) is 1. The summed E-state index contributed by atoms with van der Waals surface area (Å²) in [6.45, 7) is 0. The molecule has 4 nitrogen and oxygen atoms in total. The molecule has 0 saturated carbocycles. The minimum absolute atomic E-state index is 0.556. The quantitative estimate of drug-likeness (QED) is 0.490. The third kappa shape index (κ3) is 3.92. The van der Waals surface area contributed by atoms with Gasteiger partial charge in [0.15, 0.2) is 0 Å². The lowest BCUT2D eigenvalue weighted by molar-refractivity contribution is 1.29. The number of aromatic nitrogens is 1. The molecule has 24 heavy (non-hydrogen) atoms. The highest BCUT2D eigenvalue weighted by Gasteiger charge is 2.08. The first-order valence-corrected chi connectivity index (χ1v) is 8.49. The summed E-state index contributed by atoms with van der Waals surface area (Å²) in [5, 5.41) is 16.6. The highest BCUT2D eigenvalue weighted by Crippen LogP contribution is 2.32. The van der Waals surface area contributed by atoms with Gasteiger partial charge in [0.2, 0.25) is 5.13 Å². The molecule has 0 aliphatic rings. The van der Waals surface area contributed by atoms with E-state index in [4.69, 9.17) is 28.5 Å². The largest absolute Gasteiger partial charge is 0.253 e. The maximum Gasteiger partial charge on any atom is 0.203 e. The van der Waals surface area contributed by atoms with Gasteiger partial charge in [-0.05, 0) is 35.9 Å². The number of rotatable bonds is 4. The first kappa shape index (κ1) is 16.5. The van der Waals surface area contributed by atoms with Crippen LogP contribution in [-0.2, 0) is 0 Å². The third-order valence-corrected chi connectivity index (χ3v) is 4.42. The second kappa shape index (κ2) is 7.45. The van der Waals surface area contributed by atoms with Crippen LogP contribution in [0.15, 0.2) is 52.9 Å². The van der Waals surface area contributed by atoms with Crippen LogP contribution in [0, 0.1) is 11.3 Å². The number of hydrogen-bond acceptors (Lipinski definition) is 5. The molecule has 0 saturated heterocycles. The van der Waals surface area contributed by atoms with Gasteiger partial charge in [0.25, 0.3) is 0 Å². The molecule has 3 aromatic rings. The third-order valence-electron chi connectivity index (χ3n) is 3.12. The molecule has 0 bridgehead atoms. The van der Waals surface area contributed by atoms with E-state index in [-0.39, 0.29) is 0 Å². The Morgan fingerprint density at radius 2 is 1.96 bits per heavy atom. The molecule has 3 rings (SSSR count). The van der Waals surface area contributed by atoms with E-state index in [2.05, 4.69) is 21.6 Å².